The Balaban J connectivity index is 1.54. The maximum Gasteiger partial charge on any atom is 0.224 e. The predicted molar refractivity (Wildman–Crippen MR) is 125 cm³/mol. The minimum absolute atomic E-state index is 0.0433. The Morgan fingerprint density at radius 2 is 1.76 bits per heavy atom. The average molecular weight is 476 g/mol. The van der Waals surface area contributed by atoms with Crippen LogP contribution in [0.5, 0.6) is 0 Å². The lowest BCUT2D eigenvalue weighted by Gasteiger charge is -2.35. The topological polar surface area (TPSA) is 70.2 Å². The number of benzene rings is 2. The summed E-state index contributed by atoms with van der Waals surface area (Å²) in [6.45, 7) is 6.06. The number of rotatable bonds is 4. The fourth-order valence-corrected chi connectivity index (χ4v) is 6.40. The molecule has 7 nitrogen and oxygen atoms in total. The average Bonchev–Trinajstić information content (AvgIpc) is 2.91. The summed E-state index contributed by atoms with van der Waals surface area (Å²) in [5, 5.41) is -0.830. The highest BCUT2D eigenvalue weighted by molar-refractivity contribution is 7.89. The number of piperazine rings is 1. The molecule has 2 atom stereocenters. The number of hydrogen-bond donors (Lipinski definition) is 0. The molecule has 0 radical (unpaired) electrons. The van der Waals surface area contributed by atoms with Gasteiger partial charge in [-0.2, -0.15) is 4.31 Å². The monoisotopic (exact) mass is 475 g/mol. The SMILES string of the molecule is CC(=O)N1CCN(c2ccc(CN3[C@H](C)COCC(c4ccccc4)S3(=O)=O)c(F)c2)CC1. The van der Waals surface area contributed by atoms with Crippen LogP contribution in [0.2, 0.25) is 0 Å². The Morgan fingerprint density at radius 1 is 1.06 bits per heavy atom. The van der Waals surface area contributed by atoms with E-state index in [0.717, 1.165) is 5.69 Å². The highest BCUT2D eigenvalue weighted by atomic mass is 32.2. The highest BCUT2D eigenvalue weighted by Crippen LogP contribution is 2.32. The van der Waals surface area contributed by atoms with E-state index in [1.165, 1.54) is 10.4 Å². The highest BCUT2D eigenvalue weighted by Gasteiger charge is 2.39. The third-order valence-corrected chi connectivity index (χ3v) is 8.70. The summed E-state index contributed by atoms with van der Waals surface area (Å²) in [5.74, 6) is -0.396. The first-order valence-corrected chi connectivity index (χ1v) is 12.7. The van der Waals surface area contributed by atoms with Crippen molar-refractivity contribution in [2.45, 2.75) is 31.7 Å². The van der Waals surface area contributed by atoms with Gasteiger partial charge in [0.15, 0.2) is 0 Å². The summed E-state index contributed by atoms with van der Waals surface area (Å²) < 4.78 is 49.3. The van der Waals surface area contributed by atoms with Gasteiger partial charge in [-0.15, -0.1) is 0 Å². The van der Waals surface area contributed by atoms with Gasteiger partial charge >= 0.3 is 0 Å². The third kappa shape index (κ3) is 5.05. The standard InChI is InChI=1S/C24H30FN3O4S/c1-18-16-32-17-24(20-6-4-3-5-7-20)33(30,31)28(18)15-21-8-9-22(14-23(21)25)27-12-10-26(11-13-27)19(2)29/h3-9,14,18,24H,10-13,15-17H2,1-2H3/t18-,24?/m1/s1. The van der Waals surface area contributed by atoms with E-state index in [1.807, 2.05) is 17.0 Å². The van der Waals surface area contributed by atoms with Gasteiger partial charge in [0.05, 0.1) is 13.2 Å². The van der Waals surface area contributed by atoms with Crippen LogP contribution in [0.15, 0.2) is 48.5 Å². The quantitative estimate of drug-likeness (QED) is 0.680. The summed E-state index contributed by atoms with van der Waals surface area (Å²) in [7, 11) is -3.77. The van der Waals surface area contributed by atoms with Gasteiger partial charge in [0.2, 0.25) is 15.9 Å². The summed E-state index contributed by atoms with van der Waals surface area (Å²) >= 11 is 0. The molecule has 0 aliphatic carbocycles. The number of carbonyl (C=O) groups is 1. The van der Waals surface area contributed by atoms with Crippen LogP contribution in [-0.2, 0) is 26.1 Å². The third-order valence-electron chi connectivity index (χ3n) is 6.43. The number of nitrogens with zero attached hydrogens (tertiary/aromatic N) is 3. The molecule has 2 aliphatic heterocycles. The van der Waals surface area contributed by atoms with E-state index in [4.69, 9.17) is 4.74 Å². The van der Waals surface area contributed by atoms with Crippen molar-refractivity contribution in [3.05, 3.63) is 65.5 Å². The van der Waals surface area contributed by atoms with Gasteiger partial charge in [-0.05, 0) is 24.6 Å². The molecule has 2 fully saturated rings. The maximum atomic E-state index is 15.1. The maximum absolute atomic E-state index is 15.1. The van der Waals surface area contributed by atoms with E-state index < -0.39 is 27.1 Å². The Kier molecular flexibility index (Phi) is 7.02. The van der Waals surface area contributed by atoms with Crippen LogP contribution in [0, 0.1) is 5.82 Å². The Morgan fingerprint density at radius 3 is 2.39 bits per heavy atom. The molecule has 2 saturated heterocycles. The number of carbonyl (C=O) groups excluding carboxylic acids is 1. The van der Waals surface area contributed by atoms with Gasteiger partial charge in [-0.1, -0.05) is 36.4 Å². The number of halogens is 1. The predicted octanol–water partition coefficient (Wildman–Crippen LogP) is 2.79. The smallest absolute Gasteiger partial charge is 0.224 e. The molecule has 0 bridgehead atoms. The lowest BCUT2D eigenvalue weighted by atomic mass is 10.1. The molecule has 2 heterocycles. The largest absolute Gasteiger partial charge is 0.378 e. The molecule has 33 heavy (non-hydrogen) atoms. The number of sulfonamides is 1. The fraction of sp³-hybridized carbons (Fsp3) is 0.458. The van der Waals surface area contributed by atoms with Crippen LogP contribution in [0.3, 0.4) is 0 Å². The number of ether oxygens (including phenoxy) is 1. The van der Waals surface area contributed by atoms with Crippen molar-refractivity contribution in [1.82, 2.24) is 9.21 Å². The zero-order chi connectivity index (χ0) is 23.6. The molecule has 178 valence electrons. The molecular weight excluding hydrogens is 445 g/mol. The second-order valence-electron chi connectivity index (χ2n) is 8.64. The van der Waals surface area contributed by atoms with Crippen molar-refractivity contribution in [3.63, 3.8) is 0 Å². The molecular formula is C24H30FN3O4S. The van der Waals surface area contributed by atoms with Crippen molar-refractivity contribution in [2.24, 2.45) is 0 Å². The lowest BCUT2D eigenvalue weighted by Crippen LogP contribution is -2.48. The molecule has 1 unspecified atom stereocenters. The second kappa shape index (κ2) is 9.79. The van der Waals surface area contributed by atoms with Crippen molar-refractivity contribution in [3.8, 4) is 0 Å². The summed E-state index contributed by atoms with van der Waals surface area (Å²) in [5.41, 5.74) is 1.72. The Hall–Kier alpha value is -2.49. The van der Waals surface area contributed by atoms with Crippen LogP contribution in [0.25, 0.3) is 0 Å². The number of anilines is 1. The van der Waals surface area contributed by atoms with Gasteiger partial charge < -0.3 is 14.5 Å². The van der Waals surface area contributed by atoms with Crippen LogP contribution >= 0.6 is 0 Å². The van der Waals surface area contributed by atoms with Gasteiger partial charge in [0, 0.05) is 56.9 Å². The first-order valence-electron chi connectivity index (χ1n) is 11.2. The van der Waals surface area contributed by atoms with Crippen molar-refractivity contribution in [2.75, 3.05) is 44.3 Å². The van der Waals surface area contributed by atoms with E-state index in [2.05, 4.69) is 0 Å². The molecule has 2 aliphatic rings. The minimum Gasteiger partial charge on any atom is -0.378 e. The number of amides is 1. The second-order valence-corrected chi connectivity index (χ2v) is 10.7. The molecule has 0 saturated carbocycles. The zero-order valence-corrected chi connectivity index (χ0v) is 19.8. The van der Waals surface area contributed by atoms with Crippen LogP contribution < -0.4 is 4.90 Å². The summed E-state index contributed by atoms with van der Waals surface area (Å²) in [6.07, 6.45) is 0. The minimum atomic E-state index is -3.77. The zero-order valence-electron chi connectivity index (χ0n) is 19.0. The van der Waals surface area contributed by atoms with Gasteiger partial charge in [0.1, 0.15) is 11.1 Å². The molecule has 9 heteroatoms. The lowest BCUT2D eigenvalue weighted by molar-refractivity contribution is -0.129. The molecule has 0 aromatic heterocycles. The van der Waals surface area contributed by atoms with E-state index >= 15 is 4.39 Å². The van der Waals surface area contributed by atoms with Crippen LogP contribution in [0.4, 0.5) is 10.1 Å². The first kappa shape index (κ1) is 23.7. The van der Waals surface area contributed by atoms with Crippen LogP contribution in [-0.4, -0.2) is 69.0 Å². The molecule has 2 aromatic rings. The number of hydrogen-bond acceptors (Lipinski definition) is 5. The van der Waals surface area contributed by atoms with Gasteiger partial charge in [-0.3, -0.25) is 4.79 Å². The Bertz CT molecular complexity index is 1090. The molecule has 0 spiro atoms. The fourth-order valence-electron chi connectivity index (χ4n) is 4.42. The van der Waals surface area contributed by atoms with Crippen molar-refractivity contribution >= 4 is 21.6 Å². The van der Waals surface area contributed by atoms with Gasteiger partial charge in [-0.25, -0.2) is 12.8 Å². The van der Waals surface area contributed by atoms with E-state index in [0.29, 0.717) is 37.3 Å². The molecule has 1 amide bonds. The van der Waals surface area contributed by atoms with Crippen LogP contribution in [0.1, 0.15) is 30.2 Å². The summed E-state index contributed by atoms with van der Waals surface area (Å²) in [4.78, 5) is 15.3. The van der Waals surface area contributed by atoms with Gasteiger partial charge in [0.25, 0.3) is 0 Å². The molecule has 4 rings (SSSR count). The van der Waals surface area contributed by atoms with Crippen molar-refractivity contribution < 1.29 is 22.3 Å². The summed E-state index contributed by atoms with van der Waals surface area (Å²) in [6, 6.07) is 13.5. The first-order chi connectivity index (χ1) is 15.8. The Labute approximate surface area is 194 Å². The molecule has 0 N–H and O–H groups in total. The van der Waals surface area contributed by atoms with E-state index in [1.54, 1.807) is 49.1 Å². The normalized spacial score (nSPS) is 23.8. The van der Waals surface area contributed by atoms with E-state index in [-0.39, 0.29) is 25.7 Å². The van der Waals surface area contributed by atoms with Crippen molar-refractivity contribution in [1.29, 1.82) is 0 Å². The van der Waals surface area contributed by atoms with E-state index in [9.17, 15) is 13.2 Å². The molecule has 2 aromatic carbocycles.